The van der Waals surface area contributed by atoms with Crippen LogP contribution in [0.5, 0.6) is 0 Å². The van der Waals surface area contributed by atoms with Crippen molar-refractivity contribution in [2.75, 3.05) is 6.54 Å². The highest BCUT2D eigenvalue weighted by Crippen LogP contribution is 2.14. The van der Waals surface area contributed by atoms with E-state index in [1.165, 1.54) is 0 Å². The van der Waals surface area contributed by atoms with Crippen molar-refractivity contribution in [3.63, 3.8) is 0 Å². The third kappa shape index (κ3) is 5.34. The zero-order valence-corrected chi connectivity index (χ0v) is 8.42. The quantitative estimate of drug-likeness (QED) is 0.383. The Morgan fingerprint density at radius 2 is 1.79 bits per heavy atom. The van der Waals surface area contributed by atoms with Gasteiger partial charge in [-0.25, -0.2) is 4.79 Å². The van der Waals surface area contributed by atoms with Gasteiger partial charge in [-0.1, -0.05) is 0 Å². The van der Waals surface area contributed by atoms with Crippen LogP contribution >= 0.6 is 0 Å². The molecule has 0 aromatic carbocycles. The van der Waals surface area contributed by atoms with Gasteiger partial charge >= 0.3 is 11.9 Å². The van der Waals surface area contributed by atoms with E-state index in [-0.39, 0.29) is 0 Å². The molecule has 0 saturated carbocycles. The molecule has 1 amide bonds. The van der Waals surface area contributed by atoms with Crippen LogP contribution in [0.3, 0.4) is 0 Å². The van der Waals surface area contributed by atoms with Gasteiger partial charge in [0.05, 0.1) is 5.41 Å². The van der Waals surface area contributed by atoms with Crippen molar-refractivity contribution >= 4 is 25.6 Å². The first-order chi connectivity index (χ1) is 6.23. The van der Waals surface area contributed by atoms with Gasteiger partial charge in [-0.3, -0.25) is 9.59 Å². The molecule has 0 bridgehead atoms. The topological polar surface area (TPSA) is 72.5 Å². The second-order valence-corrected chi connectivity index (χ2v) is 3.73. The minimum atomic E-state index is -0.842. The monoisotopic (exact) mass is 197 g/mol. The van der Waals surface area contributed by atoms with Crippen molar-refractivity contribution in [2.24, 2.45) is 5.41 Å². The fourth-order valence-corrected chi connectivity index (χ4v) is 0.452. The first kappa shape index (κ1) is 12.7. The number of carbonyl (C=O) groups is 3. The van der Waals surface area contributed by atoms with Gasteiger partial charge in [0.2, 0.25) is 7.85 Å². The molecule has 0 aliphatic carbocycles. The number of ether oxygens (including phenoxy) is 1. The molecule has 5 nitrogen and oxygen atoms in total. The third-order valence-corrected chi connectivity index (χ3v) is 1.23. The molecule has 0 saturated heterocycles. The van der Waals surface area contributed by atoms with Crippen LogP contribution in [0, 0.1) is 5.41 Å². The normalized spacial score (nSPS) is 10.5. The third-order valence-electron chi connectivity index (χ3n) is 1.23. The summed E-state index contributed by atoms with van der Waals surface area (Å²) in [5.41, 5.74) is -0.748. The largest absolute Gasteiger partial charge is 0.391 e. The van der Waals surface area contributed by atoms with Crippen LogP contribution in [0.15, 0.2) is 0 Å². The molecule has 0 rings (SSSR count). The Balaban J connectivity index is 3.96. The van der Waals surface area contributed by atoms with Crippen LogP contribution in [0.25, 0.3) is 0 Å². The molecule has 1 N–H and O–H groups in total. The molecule has 14 heavy (non-hydrogen) atoms. The van der Waals surface area contributed by atoms with Crippen molar-refractivity contribution in [1.29, 1.82) is 0 Å². The summed E-state index contributed by atoms with van der Waals surface area (Å²) in [7, 11) is 4.71. The summed E-state index contributed by atoms with van der Waals surface area (Å²) in [6.07, 6.45) is 0. The Morgan fingerprint density at radius 1 is 1.29 bits per heavy atom. The molecular weight excluding hydrogens is 185 g/mol. The average molecular weight is 197 g/mol. The van der Waals surface area contributed by atoms with Gasteiger partial charge in [-0.2, -0.15) is 0 Å². The van der Waals surface area contributed by atoms with Crippen LogP contribution < -0.4 is 5.32 Å². The highest BCUT2D eigenvalue weighted by atomic mass is 16.6. The Kier molecular flexibility index (Phi) is 4.33. The van der Waals surface area contributed by atoms with E-state index in [1.54, 1.807) is 20.8 Å². The fourth-order valence-electron chi connectivity index (χ4n) is 0.452. The zero-order valence-electron chi connectivity index (χ0n) is 8.42. The van der Waals surface area contributed by atoms with E-state index in [4.69, 9.17) is 7.85 Å². The summed E-state index contributed by atoms with van der Waals surface area (Å²) in [6, 6.07) is 0. The van der Waals surface area contributed by atoms with E-state index < -0.39 is 29.7 Å². The van der Waals surface area contributed by atoms with Crippen molar-refractivity contribution in [3.8, 4) is 0 Å². The molecule has 0 fully saturated rings. The van der Waals surface area contributed by atoms with E-state index in [2.05, 4.69) is 4.74 Å². The molecule has 2 radical (unpaired) electrons. The zero-order chi connectivity index (χ0) is 11.4. The van der Waals surface area contributed by atoms with Crippen LogP contribution in [-0.4, -0.2) is 32.1 Å². The van der Waals surface area contributed by atoms with Gasteiger partial charge in [-0.15, -0.1) is 0 Å². The summed E-state index contributed by atoms with van der Waals surface area (Å²) in [4.78, 5) is 32.2. The molecule has 0 aliphatic rings. The number of amides is 1. The van der Waals surface area contributed by atoms with Gasteiger partial charge < -0.3 is 10.1 Å². The van der Waals surface area contributed by atoms with Gasteiger partial charge in [0.15, 0.2) is 5.81 Å². The summed E-state index contributed by atoms with van der Waals surface area (Å²) in [6.45, 7) is 4.44. The van der Waals surface area contributed by atoms with E-state index in [0.29, 0.717) is 0 Å². The smallest absolute Gasteiger partial charge is 0.333 e. The SMILES string of the molecule is [B]C(=O)NCC(=O)OC(=O)C(C)(C)C. The van der Waals surface area contributed by atoms with E-state index >= 15 is 0 Å². The Labute approximate surface area is 83.6 Å². The maximum Gasteiger partial charge on any atom is 0.333 e. The average Bonchev–Trinajstić information content (AvgIpc) is 1.99. The Morgan fingerprint density at radius 3 is 2.14 bits per heavy atom. The minimum absolute atomic E-state index is 0.406. The Bertz CT molecular complexity index is 257. The highest BCUT2D eigenvalue weighted by Gasteiger charge is 2.25. The lowest BCUT2D eigenvalue weighted by molar-refractivity contribution is -0.164. The highest BCUT2D eigenvalue weighted by molar-refractivity contribution is 6.57. The maximum atomic E-state index is 11.1. The van der Waals surface area contributed by atoms with E-state index in [9.17, 15) is 14.4 Å². The fraction of sp³-hybridized carbons (Fsp3) is 0.625. The summed E-state index contributed by atoms with van der Waals surface area (Å²) < 4.78 is 4.42. The standard InChI is InChI=1S/C8H12BNO4/c1-8(2,3)6(12)14-5(11)4-10-7(9)13/h4H2,1-3H3,(H,10,13). The van der Waals surface area contributed by atoms with Crippen LogP contribution in [0.4, 0.5) is 4.79 Å². The molecule has 0 aromatic heterocycles. The summed E-state index contributed by atoms with van der Waals surface area (Å²) >= 11 is 0. The van der Waals surface area contributed by atoms with Crippen LogP contribution in [0.1, 0.15) is 20.8 Å². The molecule has 0 spiro atoms. The second kappa shape index (κ2) is 4.78. The first-order valence-electron chi connectivity index (χ1n) is 4.02. The number of nitrogens with one attached hydrogen (secondary N) is 1. The van der Waals surface area contributed by atoms with Gasteiger partial charge in [0, 0.05) is 0 Å². The Hall–Kier alpha value is -1.33. The lowest BCUT2D eigenvalue weighted by Gasteiger charge is -2.15. The summed E-state index contributed by atoms with van der Waals surface area (Å²) in [5.74, 6) is -2.32. The second-order valence-electron chi connectivity index (χ2n) is 3.73. The van der Waals surface area contributed by atoms with Crippen molar-refractivity contribution < 1.29 is 19.1 Å². The first-order valence-corrected chi connectivity index (χ1v) is 4.02. The maximum absolute atomic E-state index is 11.1. The van der Waals surface area contributed by atoms with Gasteiger partial charge in [0.1, 0.15) is 6.54 Å². The lowest BCUT2D eigenvalue weighted by atomic mass is 9.97. The van der Waals surface area contributed by atoms with E-state index in [0.717, 1.165) is 0 Å². The molecular formula is C8H12BNO4. The number of rotatable bonds is 2. The molecule has 0 aromatic rings. The molecule has 0 unspecified atom stereocenters. The predicted molar refractivity (Wildman–Crippen MR) is 49.7 cm³/mol. The minimum Gasteiger partial charge on any atom is -0.391 e. The van der Waals surface area contributed by atoms with Crippen LogP contribution in [0.2, 0.25) is 0 Å². The molecule has 6 heteroatoms. The van der Waals surface area contributed by atoms with E-state index in [1.807, 2.05) is 5.32 Å². The summed E-state index contributed by atoms with van der Waals surface area (Å²) in [5, 5.41) is 2.01. The van der Waals surface area contributed by atoms with Gasteiger partial charge in [-0.05, 0) is 20.8 Å². The predicted octanol–water partition coefficient (Wildman–Crippen LogP) is -0.0196. The molecule has 76 valence electrons. The molecule has 0 atom stereocenters. The lowest BCUT2D eigenvalue weighted by Crippen LogP contribution is -2.33. The van der Waals surface area contributed by atoms with Crippen molar-refractivity contribution in [1.82, 2.24) is 5.32 Å². The van der Waals surface area contributed by atoms with Crippen molar-refractivity contribution in [3.05, 3.63) is 0 Å². The van der Waals surface area contributed by atoms with Crippen molar-refractivity contribution in [2.45, 2.75) is 20.8 Å². The van der Waals surface area contributed by atoms with Gasteiger partial charge in [0.25, 0.3) is 0 Å². The number of hydrogen-bond acceptors (Lipinski definition) is 4. The number of esters is 2. The number of carbonyl (C=O) groups excluding carboxylic acids is 3. The van der Waals surface area contributed by atoms with Crippen LogP contribution in [-0.2, 0) is 14.3 Å². The number of hydrogen-bond donors (Lipinski definition) is 1. The molecule has 0 heterocycles. The molecule has 0 aliphatic heterocycles.